The molecule has 1 heterocycles. The van der Waals surface area contributed by atoms with Gasteiger partial charge in [0.25, 0.3) is 0 Å². The second-order valence-electron chi connectivity index (χ2n) is 4.48. The second kappa shape index (κ2) is 4.51. The summed E-state index contributed by atoms with van der Waals surface area (Å²) in [6.45, 7) is 5.73. The van der Waals surface area contributed by atoms with E-state index in [1.165, 1.54) is 0 Å². The molecule has 15 heavy (non-hydrogen) atoms. The number of hydrogen-bond donors (Lipinski definition) is 0. The summed E-state index contributed by atoms with van der Waals surface area (Å²) < 4.78 is 14.4. The molecule has 0 aliphatic carbocycles. The van der Waals surface area contributed by atoms with E-state index in [4.69, 9.17) is 9.47 Å². The first-order valence-electron chi connectivity index (χ1n) is 4.90. The maximum absolute atomic E-state index is 11.4. The third-order valence-electron chi connectivity index (χ3n) is 1.94. The van der Waals surface area contributed by atoms with Crippen molar-refractivity contribution < 1.29 is 23.8 Å². The van der Waals surface area contributed by atoms with Crippen molar-refractivity contribution in [2.45, 2.75) is 33.3 Å². The zero-order valence-electron chi connectivity index (χ0n) is 9.24. The van der Waals surface area contributed by atoms with E-state index in [2.05, 4.69) is 4.74 Å². The predicted molar refractivity (Wildman–Crippen MR) is 51.3 cm³/mol. The number of ether oxygens (including phenoxy) is 3. The standard InChI is InChI=1S/C10H16O5/c1-10(2,3)8(11)14-6-7-4-5-13-9(12)15-7/h7H,4-6H2,1-3H3. The highest BCUT2D eigenvalue weighted by Crippen LogP contribution is 2.16. The van der Waals surface area contributed by atoms with Crippen molar-refractivity contribution in [2.75, 3.05) is 13.2 Å². The average molecular weight is 216 g/mol. The molecule has 1 unspecified atom stereocenters. The Balaban J connectivity index is 2.31. The van der Waals surface area contributed by atoms with E-state index in [9.17, 15) is 9.59 Å². The van der Waals surface area contributed by atoms with E-state index in [0.29, 0.717) is 13.0 Å². The van der Waals surface area contributed by atoms with Gasteiger partial charge in [-0.1, -0.05) is 0 Å². The Hall–Kier alpha value is -1.26. The fourth-order valence-electron chi connectivity index (χ4n) is 1.01. The van der Waals surface area contributed by atoms with Gasteiger partial charge in [-0.15, -0.1) is 0 Å². The van der Waals surface area contributed by atoms with Crippen molar-refractivity contribution in [3.63, 3.8) is 0 Å². The first kappa shape index (κ1) is 11.8. The molecular weight excluding hydrogens is 200 g/mol. The van der Waals surface area contributed by atoms with Crippen LogP contribution in [0.25, 0.3) is 0 Å². The van der Waals surface area contributed by atoms with Crippen LogP contribution in [0.1, 0.15) is 27.2 Å². The lowest BCUT2D eigenvalue weighted by Gasteiger charge is -2.23. The molecule has 1 aliphatic rings. The number of hydrogen-bond acceptors (Lipinski definition) is 5. The maximum atomic E-state index is 11.4. The minimum Gasteiger partial charge on any atom is -0.461 e. The van der Waals surface area contributed by atoms with E-state index in [0.717, 1.165) is 0 Å². The largest absolute Gasteiger partial charge is 0.508 e. The molecule has 5 heteroatoms. The zero-order valence-corrected chi connectivity index (χ0v) is 9.24. The summed E-state index contributed by atoms with van der Waals surface area (Å²) in [4.78, 5) is 22.1. The molecular formula is C10H16O5. The summed E-state index contributed by atoms with van der Waals surface area (Å²) in [6.07, 6.45) is -0.515. The third-order valence-corrected chi connectivity index (χ3v) is 1.94. The van der Waals surface area contributed by atoms with Crippen LogP contribution in [0.5, 0.6) is 0 Å². The summed E-state index contributed by atoms with van der Waals surface area (Å²) in [5.74, 6) is -0.301. The molecule has 1 saturated heterocycles. The minimum atomic E-state index is -0.696. The van der Waals surface area contributed by atoms with E-state index < -0.39 is 11.6 Å². The summed E-state index contributed by atoms with van der Waals surface area (Å²) in [6, 6.07) is 0. The topological polar surface area (TPSA) is 61.8 Å². The predicted octanol–water partition coefficient (Wildman–Crippen LogP) is 1.50. The van der Waals surface area contributed by atoms with Crippen LogP contribution in [-0.4, -0.2) is 31.4 Å². The quantitative estimate of drug-likeness (QED) is 0.654. The molecule has 1 rings (SSSR count). The van der Waals surface area contributed by atoms with Crippen LogP contribution in [0.2, 0.25) is 0 Å². The van der Waals surface area contributed by atoms with E-state index in [-0.39, 0.29) is 18.7 Å². The van der Waals surface area contributed by atoms with E-state index in [1.807, 2.05) is 0 Å². The van der Waals surface area contributed by atoms with Gasteiger partial charge in [-0.2, -0.15) is 0 Å². The summed E-state index contributed by atoms with van der Waals surface area (Å²) in [7, 11) is 0. The Bertz CT molecular complexity index is 253. The van der Waals surface area contributed by atoms with Crippen LogP contribution in [0.4, 0.5) is 4.79 Å². The Morgan fingerprint density at radius 3 is 2.73 bits per heavy atom. The third kappa shape index (κ3) is 3.77. The van der Waals surface area contributed by atoms with Crippen molar-refractivity contribution >= 4 is 12.1 Å². The highest BCUT2D eigenvalue weighted by atomic mass is 16.7. The molecule has 0 saturated carbocycles. The monoisotopic (exact) mass is 216 g/mol. The molecule has 0 N–H and O–H groups in total. The number of rotatable bonds is 2. The molecule has 1 aliphatic heterocycles. The molecule has 0 aromatic carbocycles. The Morgan fingerprint density at radius 2 is 2.20 bits per heavy atom. The van der Waals surface area contributed by atoms with Gasteiger partial charge in [-0.3, -0.25) is 4.79 Å². The summed E-state index contributed by atoms with van der Waals surface area (Å²) in [5.41, 5.74) is -0.533. The highest BCUT2D eigenvalue weighted by Gasteiger charge is 2.27. The van der Waals surface area contributed by atoms with Gasteiger partial charge in [0, 0.05) is 6.42 Å². The fourth-order valence-corrected chi connectivity index (χ4v) is 1.01. The van der Waals surface area contributed by atoms with Crippen LogP contribution >= 0.6 is 0 Å². The Labute approximate surface area is 88.7 Å². The number of carbonyl (C=O) groups is 2. The summed E-state index contributed by atoms with van der Waals surface area (Å²) >= 11 is 0. The smallest absolute Gasteiger partial charge is 0.461 e. The van der Waals surface area contributed by atoms with Gasteiger partial charge in [0.15, 0.2) is 0 Å². The molecule has 0 bridgehead atoms. The van der Waals surface area contributed by atoms with Crippen LogP contribution in [-0.2, 0) is 19.0 Å². The Morgan fingerprint density at radius 1 is 1.53 bits per heavy atom. The minimum absolute atomic E-state index is 0.102. The molecule has 0 amide bonds. The van der Waals surface area contributed by atoms with Gasteiger partial charge in [0.05, 0.1) is 12.0 Å². The van der Waals surface area contributed by atoms with E-state index >= 15 is 0 Å². The maximum Gasteiger partial charge on any atom is 0.508 e. The summed E-state index contributed by atoms with van der Waals surface area (Å²) in [5, 5.41) is 0. The lowest BCUT2D eigenvalue weighted by Crippen LogP contribution is -2.34. The van der Waals surface area contributed by atoms with Gasteiger partial charge in [-0.05, 0) is 20.8 Å². The van der Waals surface area contributed by atoms with Gasteiger partial charge in [0.2, 0.25) is 0 Å². The van der Waals surface area contributed by atoms with Crippen molar-refractivity contribution in [3.8, 4) is 0 Å². The average Bonchev–Trinajstić information content (AvgIpc) is 2.12. The van der Waals surface area contributed by atoms with Crippen LogP contribution in [0, 0.1) is 5.41 Å². The SMILES string of the molecule is CC(C)(C)C(=O)OCC1CCOC(=O)O1. The Kier molecular flexibility index (Phi) is 3.55. The normalized spacial score (nSPS) is 21.5. The van der Waals surface area contributed by atoms with Gasteiger partial charge in [-0.25, -0.2) is 4.79 Å². The van der Waals surface area contributed by atoms with Crippen LogP contribution in [0.3, 0.4) is 0 Å². The van der Waals surface area contributed by atoms with E-state index in [1.54, 1.807) is 20.8 Å². The molecule has 1 atom stereocenters. The highest BCUT2D eigenvalue weighted by molar-refractivity contribution is 5.75. The van der Waals surface area contributed by atoms with Crippen LogP contribution in [0.15, 0.2) is 0 Å². The molecule has 1 fully saturated rings. The molecule has 0 spiro atoms. The van der Waals surface area contributed by atoms with Crippen molar-refractivity contribution in [1.29, 1.82) is 0 Å². The van der Waals surface area contributed by atoms with Gasteiger partial charge >= 0.3 is 12.1 Å². The lowest BCUT2D eigenvalue weighted by molar-refractivity contribution is -0.158. The number of esters is 1. The zero-order chi connectivity index (χ0) is 11.5. The van der Waals surface area contributed by atoms with Crippen molar-refractivity contribution in [3.05, 3.63) is 0 Å². The van der Waals surface area contributed by atoms with Crippen molar-refractivity contribution in [1.82, 2.24) is 0 Å². The number of carbonyl (C=O) groups excluding carboxylic acids is 2. The molecule has 0 radical (unpaired) electrons. The molecule has 0 aromatic rings. The number of cyclic esters (lactones) is 2. The molecule has 5 nitrogen and oxygen atoms in total. The lowest BCUT2D eigenvalue weighted by atomic mass is 9.97. The van der Waals surface area contributed by atoms with Gasteiger partial charge in [0.1, 0.15) is 12.7 Å². The van der Waals surface area contributed by atoms with Crippen LogP contribution < -0.4 is 0 Å². The fraction of sp³-hybridized carbons (Fsp3) is 0.800. The second-order valence-corrected chi connectivity index (χ2v) is 4.48. The molecule has 86 valence electrons. The first-order chi connectivity index (χ1) is 6.89. The first-order valence-corrected chi connectivity index (χ1v) is 4.90. The van der Waals surface area contributed by atoms with Gasteiger partial charge < -0.3 is 14.2 Å². The molecule has 0 aromatic heterocycles. The van der Waals surface area contributed by atoms with Crippen molar-refractivity contribution in [2.24, 2.45) is 5.41 Å².